The zero-order chi connectivity index (χ0) is 11.4. The molecule has 3 nitrogen and oxygen atoms in total. The zero-order valence-corrected chi connectivity index (χ0v) is 9.39. The molecule has 1 aliphatic heterocycles. The second-order valence-electron chi connectivity index (χ2n) is 4.27. The van der Waals surface area contributed by atoms with E-state index in [9.17, 15) is 0 Å². The first kappa shape index (κ1) is 11.0. The highest BCUT2D eigenvalue weighted by molar-refractivity contribution is 5.54. The van der Waals surface area contributed by atoms with Crippen molar-refractivity contribution in [1.29, 1.82) is 5.26 Å². The molecular weight excluding hydrogens is 198 g/mol. The van der Waals surface area contributed by atoms with Gasteiger partial charge < -0.3 is 10.6 Å². The molecule has 0 spiro atoms. The van der Waals surface area contributed by atoms with Crippen LogP contribution >= 0.6 is 0 Å². The maximum atomic E-state index is 8.78. The van der Waals surface area contributed by atoms with Crippen molar-refractivity contribution in [1.82, 2.24) is 0 Å². The van der Waals surface area contributed by atoms with E-state index < -0.39 is 6.04 Å². The highest BCUT2D eigenvalue weighted by atomic mass is 15.1. The Morgan fingerprint density at radius 2 is 2.19 bits per heavy atom. The Morgan fingerprint density at radius 3 is 3.00 bits per heavy atom. The number of para-hydroxylation sites is 1. The van der Waals surface area contributed by atoms with Crippen LogP contribution in [-0.4, -0.2) is 19.1 Å². The van der Waals surface area contributed by atoms with Gasteiger partial charge in [-0.1, -0.05) is 18.2 Å². The lowest BCUT2D eigenvalue weighted by molar-refractivity contribution is 0.686. The molecule has 1 atom stereocenters. The van der Waals surface area contributed by atoms with E-state index in [0.717, 1.165) is 13.0 Å². The number of fused-ring (bicyclic) bond motifs is 1. The summed E-state index contributed by atoms with van der Waals surface area (Å²) in [6.07, 6.45) is 3.52. The van der Waals surface area contributed by atoms with E-state index in [4.69, 9.17) is 11.0 Å². The molecule has 1 aromatic rings. The fourth-order valence-electron chi connectivity index (χ4n) is 2.24. The minimum Gasteiger partial charge on any atom is -0.369 e. The van der Waals surface area contributed by atoms with Gasteiger partial charge >= 0.3 is 0 Å². The lowest BCUT2D eigenvalue weighted by atomic mass is 10.1. The van der Waals surface area contributed by atoms with Crippen LogP contribution in [0.25, 0.3) is 0 Å². The molecule has 0 saturated carbocycles. The average Bonchev–Trinajstić information content (AvgIpc) is 2.52. The Balaban J connectivity index is 2.23. The summed E-state index contributed by atoms with van der Waals surface area (Å²) in [5, 5.41) is 8.78. The van der Waals surface area contributed by atoms with Gasteiger partial charge in [-0.05, 0) is 30.9 Å². The SMILES string of the molecule is N#CC(N)CN1CCCCc2ccccc21. The zero-order valence-electron chi connectivity index (χ0n) is 9.39. The number of nitrogens with two attached hydrogens (primary N) is 1. The molecule has 0 aliphatic carbocycles. The summed E-state index contributed by atoms with van der Waals surface area (Å²) in [4.78, 5) is 2.25. The van der Waals surface area contributed by atoms with Gasteiger partial charge in [-0.2, -0.15) is 5.26 Å². The van der Waals surface area contributed by atoms with Crippen molar-refractivity contribution in [3.05, 3.63) is 29.8 Å². The fourth-order valence-corrected chi connectivity index (χ4v) is 2.24. The standard InChI is InChI=1S/C13H17N3/c14-9-12(15)10-16-8-4-3-6-11-5-1-2-7-13(11)16/h1-2,5,7,12H,3-4,6,8,10,15H2. The number of nitriles is 1. The van der Waals surface area contributed by atoms with E-state index in [1.165, 1.54) is 24.1 Å². The van der Waals surface area contributed by atoms with Crippen LogP contribution in [-0.2, 0) is 6.42 Å². The predicted octanol–water partition coefficient (Wildman–Crippen LogP) is 1.68. The van der Waals surface area contributed by atoms with E-state index in [-0.39, 0.29) is 0 Å². The van der Waals surface area contributed by atoms with Crippen LogP contribution in [0.4, 0.5) is 5.69 Å². The van der Waals surface area contributed by atoms with Crippen LogP contribution in [0.15, 0.2) is 24.3 Å². The topological polar surface area (TPSA) is 53.1 Å². The Bertz CT molecular complexity index is 394. The lowest BCUT2D eigenvalue weighted by Gasteiger charge is -2.25. The molecule has 2 N–H and O–H groups in total. The second-order valence-corrected chi connectivity index (χ2v) is 4.27. The Hall–Kier alpha value is -1.53. The molecule has 0 bridgehead atoms. The third-order valence-corrected chi connectivity index (χ3v) is 3.04. The third-order valence-electron chi connectivity index (χ3n) is 3.04. The number of aryl methyl sites for hydroxylation is 1. The maximum Gasteiger partial charge on any atom is 0.110 e. The number of anilines is 1. The number of benzene rings is 1. The van der Waals surface area contributed by atoms with Gasteiger partial charge in [0.25, 0.3) is 0 Å². The normalized spacial score (nSPS) is 17.1. The van der Waals surface area contributed by atoms with Crippen LogP contribution in [0, 0.1) is 11.3 Å². The number of hydrogen-bond donors (Lipinski definition) is 1. The first-order valence-corrected chi connectivity index (χ1v) is 5.79. The molecule has 1 aliphatic rings. The quantitative estimate of drug-likeness (QED) is 0.816. The van der Waals surface area contributed by atoms with Crippen LogP contribution in [0.3, 0.4) is 0 Å². The third kappa shape index (κ3) is 2.34. The summed E-state index contributed by atoms with van der Waals surface area (Å²) in [6.45, 7) is 1.64. The monoisotopic (exact) mass is 215 g/mol. The average molecular weight is 215 g/mol. The van der Waals surface area contributed by atoms with Crippen molar-refractivity contribution in [2.45, 2.75) is 25.3 Å². The van der Waals surface area contributed by atoms with Crippen LogP contribution in [0.2, 0.25) is 0 Å². The molecule has 3 heteroatoms. The summed E-state index contributed by atoms with van der Waals surface area (Å²) in [7, 11) is 0. The van der Waals surface area contributed by atoms with E-state index in [1.807, 2.05) is 0 Å². The predicted molar refractivity (Wildman–Crippen MR) is 65.2 cm³/mol. The number of rotatable bonds is 2. The van der Waals surface area contributed by atoms with E-state index >= 15 is 0 Å². The van der Waals surface area contributed by atoms with Gasteiger partial charge in [0.05, 0.1) is 6.07 Å². The summed E-state index contributed by atoms with van der Waals surface area (Å²) < 4.78 is 0. The van der Waals surface area contributed by atoms with Crippen LogP contribution in [0.1, 0.15) is 18.4 Å². The molecule has 1 heterocycles. The number of hydrogen-bond acceptors (Lipinski definition) is 3. The van der Waals surface area contributed by atoms with Crippen molar-refractivity contribution >= 4 is 5.69 Å². The molecular formula is C13H17N3. The van der Waals surface area contributed by atoms with Crippen LogP contribution < -0.4 is 10.6 Å². The molecule has 2 rings (SSSR count). The first-order valence-electron chi connectivity index (χ1n) is 5.79. The Labute approximate surface area is 96.5 Å². The lowest BCUT2D eigenvalue weighted by Crippen LogP contribution is -2.37. The van der Waals surface area contributed by atoms with Gasteiger partial charge in [0.1, 0.15) is 6.04 Å². The van der Waals surface area contributed by atoms with Gasteiger partial charge in [-0.15, -0.1) is 0 Å². The first-order chi connectivity index (χ1) is 7.81. The van der Waals surface area contributed by atoms with Crippen molar-refractivity contribution in [3.63, 3.8) is 0 Å². The Morgan fingerprint density at radius 1 is 1.38 bits per heavy atom. The minimum atomic E-state index is -0.397. The molecule has 1 unspecified atom stereocenters. The summed E-state index contributed by atoms with van der Waals surface area (Å²) in [5.74, 6) is 0. The smallest absolute Gasteiger partial charge is 0.110 e. The number of nitrogens with zero attached hydrogens (tertiary/aromatic N) is 2. The van der Waals surface area contributed by atoms with Crippen LogP contribution in [0.5, 0.6) is 0 Å². The van der Waals surface area contributed by atoms with Crippen molar-refractivity contribution in [2.24, 2.45) is 5.73 Å². The molecule has 0 radical (unpaired) electrons. The van der Waals surface area contributed by atoms with Crippen molar-refractivity contribution in [2.75, 3.05) is 18.0 Å². The van der Waals surface area contributed by atoms with Gasteiger partial charge in [-0.25, -0.2) is 0 Å². The van der Waals surface area contributed by atoms with Crippen molar-refractivity contribution in [3.8, 4) is 6.07 Å². The molecule has 0 fully saturated rings. The molecule has 16 heavy (non-hydrogen) atoms. The summed E-state index contributed by atoms with van der Waals surface area (Å²) in [5.41, 5.74) is 8.34. The maximum absolute atomic E-state index is 8.78. The highest BCUT2D eigenvalue weighted by Gasteiger charge is 2.16. The van der Waals surface area contributed by atoms with Gasteiger partial charge in [-0.3, -0.25) is 0 Å². The molecule has 84 valence electrons. The molecule has 0 saturated heterocycles. The molecule has 0 aromatic heterocycles. The summed E-state index contributed by atoms with van der Waals surface area (Å²) >= 11 is 0. The summed E-state index contributed by atoms with van der Waals surface area (Å²) in [6, 6.07) is 10.1. The Kier molecular flexibility index (Phi) is 3.43. The highest BCUT2D eigenvalue weighted by Crippen LogP contribution is 2.25. The molecule has 0 amide bonds. The minimum absolute atomic E-state index is 0.397. The van der Waals surface area contributed by atoms with E-state index in [2.05, 4.69) is 35.2 Å². The van der Waals surface area contributed by atoms with Crippen molar-refractivity contribution < 1.29 is 0 Å². The van der Waals surface area contributed by atoms with Gasteiger partial charge in [0.15, 0.2) is 0 Å². The van der Waals surface area contributed by atoms with E-state index in [1.54, 1.807) is 0 Å². The van der Waals surface area contributed by atoms with E-state index in [0.29, 0.717) is 6.54 Å². The van der Waals surface area contributed by atoms with Gasteiger partial charge in [0.2, 0.25) is 0 Å². The second kappa shape index (κ2) is 5.00. The fraction of sp³-hybridized carbons (Fsp3) is 0.462. The van der Waals surface area contributed by atoms with Gasteiger partial charge in [0, 0.05) is 18.8 Å². The largest absolute Gasteiger partial charge is 0.369 e. The molecule has 1 aromatic carbocycles.